The number of rotatable bonds is 4. The first kappa shape index (κ1) is 14.7. The van der Waals surface area contributed by atoms with E-state index in [0.29, 0.717) is 5.69 Å². The average Bonchev–Trinajstić information content (AvgIpc) is 2.60. The van der Waals surface area contributed by atoms with Crippen LogP contribution in [0.25, 0.3) is 0 Å². The summed E-state index contributed by atoms with van der Waals surface area (Å²) in [6.45, 7) is 5.47. The zero-order chi connectivity index (χ0) is 14.1. The number of hydrogen-bond donors (Lipinski definition) is 1. The van der Waals surface area contributed by atoms with Crippen molar-refractivity contribution in [3.8, 4) is 0 Å². The maximum Gasteiger partial charge on any atom is 0.257 e. The van der Waals surface area contributed by atoms with Crippen LogP contribution >= 0.6 is 0 Å². The van der Waals surface area contributed by atoms with Crippen LogP contribution in [0, 0.1) is 0 Å². The van der Waals surface area contributed by atoms with Crippen molar-refractivity contribution in [2.75, 3.05) is 7.05 Å². The molecule has 1 rings (SSSR count). The maximum atomic E-state index is 11.3. The molecule has 0 saturated carbocycles. The van der Waals surface area contributed by atoms with Gasteiger partial charge in [0.25, 0.3) is 10.0 Å². The van der Waals surface area contributed by atoms with Crippen molar-refractivity contribution in [1.82, 2.24) is 14.7 Å². The van der Waals surface area contributed by atoms with E-state index in [1.54, 1.807) is 11.7 Å². The average molecular weight is 274 g/mol. The minimum absolute atomic E-state index is 0.0177. The number of nitrogens with zero attached hydrogens (tertiary/aromatic N) is 3. The standard InChI is InChI=1S/C10H18N4O3S/c1-7(2)14-9(6-13(4)8(3)15)5-10(12-14)18(11,16)17/h5,7H,6H2,1-4H3,(H2,11,16,17). The fraction of sp³-hybridized carbons (Fsp3) is 0.600. The highest BCUT2D eigenvalue weighted by atomic mass is 32.2. The summed E-state index contributed by atoms with van der Waals surface area (Å²) in [6, 6.07) is 1.38. The Labute approximate surface area is 107 Å². The molecule has 7 nitrogen and oxygen atoms in total. The molecule has 1 amide bonds. The topological polar surface area (TPSA) is 98.3 Å². The number of carbonyl (C=O) groups is 1. The van der Waals surface area contributed by atoms with E-state index in [1.807, 2.05) is 13.8 Å². The molecule has 1 heterocycles. The molecular formula is C10H18N4O3S. The molecule has 0 unspecified atom stereocenters. The monoisotopic (exact) mass is 274 g/mol. The van der Waals surface area contributed by atoms with Gasteiger partial charge in [0.2, 0.25) is 5.91 Å². The van der Waals surface area contributed by atoms with Gasteiger partial charge < -0.3 is 4.90 Å². The Balaban J connectivity index is 3.17. The molecule has 0 aliphatic heterocycles. The van der Waals surface area contributed by atoms with Crippen LogP contribution in [0.1, 0.15) is 32.5 Å². The molecule has 0 spiro atoms. The van der Waals surface area contributed by atoms with Crippen LogP contribution in [-0.2, 0) is 21.4 Å². The van der Waals surface area contributed by atoms with Crippen LogP contribution in [0.4, 0.5) is 0 Å². The Morgan fingerprint density at radius 1 is 1.56 bits per heavy atom. The number of amides is 1. The first-order chi connectivity index (χ1) is 8.12. The molecule has 0 bridgehead atoms. The quantitative estimate of drug-likeness (QED) is 0.841. The third-order valence-electron chi connectivity index (χ3n) is 2.51. The van der Waals surface area contributed by atoms with Gasteiger partial charge in [0.15, 0.2) is 5.03 Å². The Bertz CT molecular complexity index is 547. The minimum atomic E-state index is -3.83. The van der Waals surface area contributed by atoms with E-state index < -0.39 is 10.0 Å². The van der Waals surface area contributed by atoms with Crippen LogP contribution in [0.5, 0.6) is 0 Å². The third-order valence-corrected chi connectivity index (χ3v) is 3.29. The highest BCUT2D eigenvalue weighted by Crippen LogP contribution is 2.15. The molecule has 0 atom stereocenters. The van der Waals surface area contributed by atoms with Crippen LogP contribution in [0.15, 0.2) is 11.1 Å². The number of sulfonamides is 1. The van der Waals surface area contributed by atoms with Crippen molar-refractivity contribution < 1.29 is 13.2 Å². The van der Waals surface area contributed by atoms with E-state index in [0.717, 1.165) is 0 Å². The van der Waals surface area contributed by atoms with E-state index in [2.05, 4.69) is 5.10 Å². The molecule has 1 aromatic heterocycles. The van der Waals surface area contributed by atoms with E-state index in [1.165, 1.54) is 17.9 Å². The highest BCUT2D eigenvalue weighted by molar-refractivity contribution is 7.89. The van der Waals surface area contributed by atoms with Crippen LogP contribution in [0.2, 0.25) is 0 Å². The fourth-order valence-corrected chi connectivity index (χ4v) is 1.97. The summed E-state index contributed by atoms with van der Waals surface area (Å²) in [6.07, 6.45) is 0. The molecule has 0 saturated heterocycles. The summed E-state index contributed by atoms with van der Waals surface area (Å²) in [5, 5.41) is 8.83. The Kier molecular flexibility index (Phi) is 4.12. The Hall–Kier alpha value is -1.41. The van der Waals surface area contributed by atoms with Crippen molar-refractivity contribution in [2.45, 2.75) is 38.4 Å². The second-order valence-electron chi connectivity index (χ2n) is 4.43. The third kappa shape index (κ3) is 3.30. The molecule has 8 heteroatoms. The lowest BCUT2D eigenvalue weighted by Crippen LogP contribution is -2.25. The first-order valence-electron chi connectivity index (χ1n) is 5.46. The summed E-state index contributed by atoms with van der Waals surface area (Å²) in [4.78, 5) is 12.7. The van der Waals surface area contributed by atoms with Crippen molar-refractivity contribution in [3.05, 3.63) is 11.8 Å². The molecule has 2 N–H and O–H groups in total. The minimum Gasteiger partial charge on any atom is -0.340 e. The van der Waals surface area contributed by atoms with E-state index in [9.17, 15) is 13.2 Å². The molecule has 0 radical (unpaired) electrons. The molecular weight excluding hydrogens is 256 g/mol. The smallest absolute Gasteiger partial charge is 0.257 e. The molecule has 0 aromatic carbocycles. The summed E-state index contributed by atoms with van der Waals surface area (Å²) in [7, 11) is -2.19. The van der Waals surface area contributed by atoms with Gasteiger partial charge in [0.05, 0.1) is 12.2 Å². The van der Waals surface area contributed by atoms with Gasteiger partial charge in [0.1, 0.15) is 0 Å². The van der Waals surface area contributed by atoms with Gasteiger partial charge in [0, 0.05) is 26.1 Å². The number of aromatic nitrogens is 2. The molecule has 18 heavy (non-hydrogen) atoms. The Morgan fingerprint density at radius 2 is 2.11 bits per heavy atom. The fourth-order valence-electron chi connectivity index (χ4n) is 1.47. The molecule has 102 valence electrons. The number of hydrogen-bond acceptors (Lipinski definition) is 4. The van der Waals surface area contributed by atoms with E-state index in [-0.39, 0.29) is 23.5 Å². The van der Waals surface area contributed by atoms with E-state index >= 15 is 0 Å². The molecule has 0 fully saturated rings. The molecule has 0 aliphatic carbocycles. The van der Waals surface area contributed by atoms with Crippen molar-refractivity contribution >= 4 is 15.9 Å². The first-order valence-corrected chi connectivity index (χ1v) is 7.00. The highest BCUT2D eigenvalue weighted by Gasteiger charge is 2.19. The van der Waals surface area contributed by atoms with Crippen molar-refractivity contribution in [3.63, 3.8) is 0 Å². The lowest BCUT2D eigenvalue weighted by molar-refractivity contribution is -0.128. The second-order valence-corrected chi connectivity index (χ2v) is 5.94. The van der Waals surface area contributed by atoms with Gasteiger partial charge in [-0.2, -0.15) is 5.10 Å². The normalized spacial score (nSPS) is 11.9. The summed E-state index contributed by atoms with van der Waals surface area (Å²) in [5.74, 6) is -0.108. The van der Waals surface area contributed by atoms with E-state index in [4.69, 9.17) is 5.14 Å². The van der Waals surface area contributed by atoms with Gasteiger partial charge in [-0.1, -0.05) is 0 Å². The van der Waals surface area contributed by atoms with Crippen molar-refractivity contribution in [1.29, 1.82) is 0 Å². The van der Waals surface area contributed by atoms with Gasteiger partial charge in [-0.25, -0.2) is 13.6 Å². The van der Waals surface area contributed by atoms with Crippen LogP contribution in [0.3, 0.4) is 0 Å². The largest absolute Gasteiger partial charge is 0.340 e. The predicted octanol–water partition coefficient (Wildman–Crippen LogP) is 0.0897. The maximum absolute atomic E-state index is 11.3. The van der Waals surface area contributed by atoms with Crippen LogP contribution in [-0.4, -0.2) is 36.1 Å². The van der Waals surface area contributed by atoms with Gasteiger partial charge in [-0.15, -0.1) is 0 Å². The lowest BCUT2D eigenvalue weighted by atomic mass is 10.3. The Morgan fingerprint density at radius 3 is 2.50 bits per heavy atom. The zero-order valence-electron chi connectivity index (χ0n) is 10.9. The zero-order valence-corrected chi connectivity index (χ0v) is 11.7. The van der Waals surface area contributed by atoms with Gasteiger partial charge >= 0.3 is 0 Å². The summed E-state index contributed by atoms with van der Waals surface area (Å²) >= 11 is 0. The number of primary sulfonamides is 1. The van der Waals surface area contributed by atoms with Gasteiger partial charge in [-0.3, -0.25) is 9.48 Å². The SMILES string of the molecule is CC(=O)N(C)Cc1cc(S(N)(=O)=O)nn1C(C)C. The van der Waals surface area contributed by atoms with Crippen molar-refractivity contribution in [2.24, 2.45) is 5.14 Å². The van der Waals surface area contributed by atoms with Gasteiger partial charge in [-0.05, 0) is 13.8 Å². The summed E-state index contributed by atoms with van der Waals surface area (Å²) in [5.41, 5.74) is 0.631. The molecule has 1 aromatic rings. The van der Waals surface area contributed by atoms with Crippen LogP contribution < -0.4 is 5.14 Å². The lowest BCUT2D eigenvalue weighted by Gasteiger charge is -2.17. The molecule has 0 aliphatic rings. The number of carbonyl (C=O) groups excluding carboxylic acids is 1. The second kappa shape index (κ2) is 5.07. The number of nitrogens with two attached hydrogens (primary N) is 1. The summed E-state index contributed by atoms with van der Waals surface area (Å²) < 4.78 is 24.1. The predicted molar refractivity (Wildman–Crippen MR) is 66.1 cm³/mol.